The Morgan fingerprint density at radius 2 is 0.909 bits per heavy atom. The Hall–Kier alpha value is -0.470. The van der Waals surface area contributed by atoms with Gasteiger partial charge < -0.3 is 0 Å². The van der Waals surface area contributed by atoms with Gasteiger partial charge in [0.05, 0.1) is 0 Å². The highest BCUT2D eigenvalue weighted by Crippen LogP contribution is 2.67. The zero-order valence-electron chi connectivity index (χ0n) is 15.6. The first kappa shape index (κ1) is 19.6. The van der Waals surface area contributed by atoms with E-state index in [4.69, 9.17) is 13.6 Å². The van der Waals surface area contributed by atoms with Crippen molar-refractivity contribution in [2.24, 2.45) is 0 Å². The van der Waals surface area contributed by atoms with Crippen LogP contribution in [-0.4, -0.2) is 16.8 Å². The van der Waals surface area contributed by atoms with Gasteiger partial charge in [0.2, 0.25) is 0 Å². The van der Waals surface area contributed by atoms with Crippen molar-refractivity contribution in [3.05, 3.63) is 30.3 Å². The van der Waals surface area contributed by atoms with Crippen LogP contribution in [0.15, 0.2) is 30.3 Å². The summed E-state index contributed by atoms with van der Waals surface area (Å²) in [7, 11) is -2.71. The van der Waals surface area contributed by atoms with Crippen molar-refractivity contribution in [1.82, 2.24) is 0 Å². The molecule has 0 aliphatic heterocycles. The van der Waals surface area contributed by atoms with Crippen molar-refractivity contribution in [1.29, 1.82) is 0 Å². The summed E-state index contributed by atoms with van der Waals surface area (Å²) in [6.45, 7) is 18.3. The molecule has 1 aromatic carbocycles. The van der Waals surface area contributed by atoms with Gasteiger partial charge in [-0.2, -0.15) is 13.6 Å². The highest BCUT2D eigenvalue weighted by atomic mass is 31.2. The summed E-state index contributed by atoms with van der Waals surface area (Å²) in [4.78, 5) is 0. The van der Waals surface area contributed by atoms with Gasteiger partial charge in [0.25, 0.3) is 0 Å². The SMILES string of the molecule is CC(C)(C)O[P+](OC(C)(C)C)(OC(C)(C)C)c1ccccc1. The maximum atomic E-state index is 6.43. The van der Waals surface area contributed by atoms with Crippen LogP contribution in [0.5, 0.6) is 0 Å². The van der Waals surface area contributed by atoms with Gasteiger partial charge in [-0.1, -0.05) is 18.2 Å². The summed E-state index contributed by atoms with van der Waals surface area (Å²) >= 11 is 0. The molecule has 0 heterocycles. The van der Waals surface area contributed by atoms with Crippen LogP contribution in [0.2, 0.25) is 0 Å². The molecule has 0 unspecified atom stereocenters. The molecule has 1 rings (SSSR count). The third-order valence-corrected chi connectivity index (χ3v) is 5.55. The first-order valence-electron chi connectivity index (χ1n) is 7.79. The van der Waals surface area contributed by atoms with Gasteiger partial charge in [0.1, 0.15) is 16.8 Å². The number of benzene rings is 1. The standard InChI is InChI=1S/C18H32O3P/c1-16(2,3)19-22(20-17(4,5)6,21-18(7,8)9)15-13-11-10-12-14-15/h10-14H,1-9H3/q+1. The van der Waals surface area contributed by atoms with Crippen LogP contribution in [-0.2, 0) is 13.6 Å². The molecular formula is C18H32O3P+. The first-order valence-corrected chi connectivity index (χ1v) is 9.34. The third-order valence-electron chi connectivity index (χ3n) is 2.25. The lowest BCUT2D eigenvalue weighted by atomic mass is 10.2. The Balaban J connectivity index is 3.41. The summed E-state index contributed by atoms with van der Waals surface area (Å²) in [5.74, 6) is 0. The van der Waals surface area contributed by atoms with Crippen molar-refractivity contribution in [3.8, 4) is 0 Å². The molecule has 0 saturated carbocycles. The van der Waals surface area contributed by atoms with Crippen LogP contribution in [0.4, 0.5) is 0 Å². The molecule has 4 heteroatoms. The van der Waals surface area contributed by atoms with Gasteiger partial charge in [-0.05, 0) is 74.4 Å². The molecule has 3 nitrogen and oxygen atoms in total. The fourth-order valence-electron chi connectivity index (χ4n) is 1.91. The quantitative estimate of drug-likeness (QED) is 0.682. The molecule has 0 aliphatic rings. The summed E-state index contributed by atoms with van der Waals surface area (Å²) in [6, 6.07) is 10.0. The van der Waals surface area contributed by atoms with E-state index in [1.165, 1.54) is 0 Å². The van der Waals surface area contributed by atoms with E-state index in [2.05, 4.69) is 0 Å². The van der Waals surface area contributed by atoms with Crippen LogP contribution in [0.3, 0.4) is 0 Å². The molecule has 22 heavy (non-hydrogen) atoms. The lowest BCUT2D eigenvalue weighted by molar-refractivity contribution is -0.00861. The van der Waals surface area contributed by atoms with E-state index in [0.29, 0.717) is 0 Å². The second-order valence-corrected chi connectivity index (χ2v) is 10.5. The Bertz CT molecular complexity index is 423. The molecule has 0 spiro atoms. The Morgan fingerprint density at radius 1 is 0.591 bits per heavy atom. The summed E-state index contributed by atoms with van der Waals surface area (Å²) < 4.78 is 19.3. The van der Waals surface area contributed by atoms with E-state index < -0.39 is 7.94 Å². The third kappa shape index (κ3) is 6.75. The van der Waals surface area contributed by atoms with Gasteiger partial charge in [0.15, 0.2) is 5.30 Å². The van der Waals surface area contributed by atoms with Gasteiger partial charge in [-0.3, -0.25) is 0 Å². The van der Waals surface area contributed by atoms with E-state index in [1.54, 1.807) is 0 Å². The maximum Gasteiger partial charge on any atom is 0.450 e. The van der Waals surface area contributed by atoms with Crippen molar-refractivity contribution < 1.29 is 13.6 Å². The molecule has 0 aromatic heterocycles. The molecule has 0 atom stereocenters. The molecule has 0 fully saturated rings. The van der Waals surface area contributed by atoms with Crippen molar-refractivity contribution in [2.75, 3.05) is 0 Å². The minimum atomic E-state index is -2.71. The monoisotopic (exact) mass is 327 g/mol. The van der Waals surface area contributed by atoms with Gasteiger partial charge in [-0.15, -0.1) is 0 Å². The van der Waals surface area contributed by atoms with Gasteiger partial charge in [-0.25, -0.2) is 0 Å². The highest BCUT2D eigenvalue weighted by Gasteiger charge is 2.57. The topological polar surface area (TPSA) is 27.7 Å². The number of hydrogen-bond donors (Lipinski definition) is 0. The average Bonchev–Trinajstić information content (AvgIpc) is 2.22. The van der Waals surface area contributed by atoms with E-state index in [1.807, 2.05) is 92.6 Å². The fourth-order valence-corrected chi connectivity index (χ4v) is 5.03. The van der Waals surface area contributed by atoms with Crippen molar-refractivity contribution in [2.45, 2.75) is 79.1 Å². The Labute approximate surface area is 136 Å². The van der Waals surface area contributed by atoms with E-state index in [-0.39, 0.29) is 16.8 Å². The highest BCUT2D eigenvalue weighted by molar-refractivity contribution is 7.69. The molecule has 0 bridgehead atoms. The first-order chi connectivity index (χ1) is 9.73. The van der Waals surface area contributed by atoms with Crippen LogP contribution < -0.4 is 5.30 Å². The molecule has 0 saturated heterocycles. The summed E-state index contributed by atoms with van der Waals surface area (Å²) in [5.41, 5.74) is -1.12. The summed E-state index contributed by atoms with van der Waals surface area (Å²) in [5, 5.41) is 0.967. The molecule has 0 aliphatic carbocycles. The Kier molecular flexibility index (Phi) is 5.84. The summed E-state index contributed by atoms with van der Waals surface area (Å²) in [6.07, 6.45) is 0. The second kappa shape index (κ2) is 6.57. The largest absolute Gasteiger partial charge is 0.450 e. The molecule has 0 N–H and O–H groups in total. The zero-order valence-corrected chi connectivity index (χ0v) is 16.5. The van der Waals surface area contributed by atoms with Gasteiger partial charge >= 0.3 is 7.94 Å². The minimum absolute atomic E-state index is 0.375. The van der Waals surface area contributed by atoms with Crippen LogP contribution in [0.1, 0.15) is 62.3 Å². The van der Waals surface area contributed by atoms with Crippen LogP contribution in [0, 0.1) is 0 Å². The smallest absolute Gasteiger partial charge is 0.168 e. The van der Waals surface area contributed by atoms with Crippen molar-refractivity contribution in [3.63, 3.8) is 0 Å². The average molecular weight is 327 g/mol. The second-order valence-electron chi connectivity index (χ2n) is 8.44. The molecule has 1 aromatic rings. The number of rotatable bonds is 4. The molecular weight excluding hydrogens is 295 g/mol. The van der Waals surface area contributed by atoms with Crippen LogP contribution in [0.25, 0.3) is 0 Å². The van der Waals surface area contributed by atoms with E-state index in [9.17, 15) is 0 Å². The lowest BCUT2D eigenvalue weighted by Crippen LogP contribution is -2.36. The van der Waals surface area contributed by atoms with Crippen LogP contribution >= 0.6 is 7.94 Å². The zero-order chi connectivity index (χ0) is 17.2. The molecule has 0 amide bonds. The normalized spacial score (nSPS) is 14.2. The van der Waals surface area contributed by atoms with Gasteiger partial charge in [0, 0.05) is 0 Å². The van der Waals surface area contributed by atoms with E-state index in [0.717, 1.165) is 5.30 Å². The predicted octanol–water partition coefficient (Wildman–Crippen LogP) is 5.52. The number of hydrogen-bond acceptors (Lipinski definition) is 3. The molecule has 126 valence electrons. The lowest BCUT2D eigenvalue weighted by Gasteiger charge is -2.35. The predicted molar refractivity (Wildman–Crippen MR) is 95.5 cm³/mol. The van der Waals surface area contributed by atoms with E-state index >= 15 is 0 Å². The Morgan fingerprint density at radius 3 is 1.18 bits per heavy atom. The fraction of sp³-hybridized carbons (Fsp3) is 0.667. The molecule has 0 radical (unpaired) electrons. The van der Waals surface area contributed by atoms with Crippen molar-refractivity contribution >= 4 is 13.2 Å². The maximum absolute atomic E-state index is 6.43. The minimum Gasteiger partial charge on any atom is -0.168 e.